The molecule has 4 rings (SSSR count). The molecule has 0 aromatic carbocycles. The molecular formula is C21H29N5S. The molecule has 0 bridgehead atoms. The molecule has 0 amide bonds. The Kier molecular flexibility index (Phi) is 5.45. The van der Waals surface area contributed by atoms with Gasteiger partial charge in [0, 0.05) is 37.2 Å². The third kappa shape index (κ3) is 3.73. The van der Waals surface area contributed by atoms with E-state index in [0.29, 0.717) is 6.04 Å². The second-order valence-electron chi connectivity index (χ2n) is 7.90. The third-order valence-corrected chi connectivity index (χ3v) is 6.17. The Balaban J connectivity index is 1.71. The number of hydrogen-bond donors (Lipinski definition) is 1. The summed E-state index contributed by atoms with van der Waals surface area (Å²) in [4.78, 5) is 9.21. The summed E-state index contributed by atoms with van der Waals surface area (Å²) in [5, 5.41) is 4.39. The van der Waals surface area contributed by atoms with Crippen molar-refractivity contribution in [3.63, 3.8) is 0 Å². The molecule has 144 valence electrons. The lowest BCUT2D eigenvalue weighted by Crippen LogP contribution is -2.36. The zero-order valence-corrected chi connectivity index (χ0v) is 17.0. The van der Waals surface area contributed by atoms with E-state index in [2.05, 4.69) is 69.2 Å². The van der Waals surface area contributed by atoms with Gasteiger partial charge in [0.15, 0.2) is 5.11 Å². The van der Waals surface area contributed by atoms with E-state index in [-0.39, 0.29) is 12.1 Å². The van der Waals surface area contributed by atoms with Gasteiger partial charge in [0.2, 0.25) is 0 Å². The summed E-state index contributed by atoms with van der Waals surface area (Å²) >= 11 is 5.76. The first kappa shape index (κ1) is 18.4. The first-order valence-corrected chi connectivity index (χ1v) is 10.4. The molecule has 5 nitrogen and oxygen atoms in total. The Morgan fingerprint density at radius 2 is 2.00 bits per heavy atom. The van der Waals surface area contributed by atoms with Gasteiger partial charge >= 0.3 is 0 Å². The summed E-state index contributed by atoms with van der Waals surface area (Å²) in [6, 6.07) is 11.5. The Hall–Kier alpha value is -1.92. The summed E-state index contributed by atoms with van der Waals surface area (Å²) in [5.41, 5.74) is 2.40. The SMILES string of the molecule is CN(C)CCN1C(=S)NC(c2ccccn2)C1c1cccn1C1CCCC1. The van der Waals surface area contributed by atoms with Gasteiger partial charge in [0.25, 0.3) is 0 Å². The van der Waals surface area contributed by atoms with E-state index in [0.717, 1.165) is 23.9 Å². The van der Waals surface area contributed by atoms with Gasteiger partial charge in [0.1, 0.15) is 0 Å². The number of pyridine rings is 1. The van der Waals surface area contributed by atoms with Gasteiger partial charge in [-0.2, -0.15) is 0 Å². The average Bonchev–Trinajstić information content (AvgIpc) is 3.40. The first-order chi connectivity index (χ1) is 13.1. The minimum absolute atomic E-state index is 0.0796. The van der Waals surface area contributed by atoms with Crippen molar-refractivity contribution < 1.29 is 0 Å². The van der Waals surface area contributed by atoms with Gasteiger partial charge in [-0.15, -0.1) is 0 Å². The van der Waals surface area contributed by atoms with Gasteiger partial charge in [0.05, 0.1) is 17.8 Å². The lowest BCUT2D eigenvalue weighted by atomic mass is 10.0. The molecule has 3 heterocycles. The van der Waals surface area contributed by atoms with Crippen molar-refractivity contribution in [2.75, 3.05) is 27.2 Å². The Morgan fingerprint density at radius 3 is 2.70 bits per heavy atom. The van der Waals surface area contributed by atoms with E-state index in [1.807, 2.05) is 12.3 Å². The lowest BCUT2D eigenvalue weighted by molar-refractivity contribution is 0.265. The number of hydrogen-bond acceptors (Lipinski definition) is 3. The van der Waals surface area contributed by atoms with E-state index in [4.69, 9.17) is 12.2 Å². The quantitative estimate of drug-likeness (QED) is 0.772. The highest BCUT2D eigenvalue weighted by atomic mass is 32.1. The fourth-order valence-electron chi connectivity index (χ4n) is 4.45. The normalized spacial score (nSPS) is 23.4. The Morgan fingerprint density at radius 1 is 1.19 bits per heavy atom. The maximum atomic E-state index is 5.76. The molecule has 2 atom stereocenters. The predicted molar refractivity (Wildman–Crippen MR) is 113 cm³/mol. The number of nitrogens with one attached hydrogen (secondary N) is 1. The number of nitrogens with zero attached hydrogens (tertiary/aromatic N) is 4. The van der Waals surface area contributed by atoms with Gasteiger partial charge in [-0.05, 0) is 63.4 Å². The van der Waals surface area contributed by atoms with Crippen LogP contribution in [0.15, 0.2) is 42.7 Å². The number of rotatable bonds is 6. The summed E-state index contributed by atoms with van der Waals surface area (Å²) in [5.74, 6) is 0. The fraction of sp³-hybridized carbons (Fsp3) is 0.524. The van der Waals surface area contributed by atoms with Crippen LogP contribution in [-0.2, 0) is 0 Å². The zero-order chi connectivity index (χ0) is 18.8. The van der Waals surface area contributed by atoms with Crippen molar-refractivity contribution in [2.24, 2.45) is 0 Å². The molecule has 1 aliphatic carbocycles. The van der Waals surface area contributed by atoms with Crippen LogP contribution in [0.4, 0.5) is 0 Å². The number of thiocarbonyl (C=S) groups is 1. The van der Waals surface area contributed by atoms with Crippen molar-refractivity contribution in [3.8, 4) is 0 Å². The molecule has 0 radical (unpaired) electrons. The summed E-state index contributed by atoms with van der Waals surface area (Å²) in [6.45, 7) is 1.88. The number of likely N-dealkylation sites (N-methyl/N-ethyl adjacent to an activating group) is 1. The molecular weight excluding hydrogens is 354 g/mol. The van der Waals surface area contributed by atoms with E-state index in [1.165, 1.54) is 31.4 Å². The third-order valence-electron chi connectivity index (χ3n) is 5.82. The average molecular weight is 384 g/mol. The molecule has 2 fully saturated rings. The Bertz CT molecular complexity index is 766. The summed E-state index contributed by atoms with van der Waals surface area (Å²) in [7, 11) is 4.22. The minimum atomic E-state index is 0.0796. The molecule has 1 saturated carbocycles. The van der Waals surface area contributed by atoms with Gasteiger partial charge in [-0.3, -0.25) is 4.98 Å². The highest BCUT2D eigenvalue weighted by Crippen LogP contribution is 2.41. The Labute approximate surface area is 167 Å². The van der Waals surface area contributed by atoms with Crippen LogP contribution >= 0.6 is 12.2 Å². The van der Waals surface area contributed by atoms with E-state index in [1.54, 1.807) is 0 Å². The minimum Gasteiger partial charge on any atom is -0.352 e. The number of aromatic nitrogens is 2. The molecule has 2 unspecified atom stereocenters. The van der Waals surface area contributed by atoms with Crippen LogP contribution in [0.1, 0.15) is 55.2 Å². The van der Waals surface area contributed by atoms with E-state index in [9.17, 15) is 0 Å². The maximum Gasteiger partial charge on any atom is 0.170 e. The van der Waals surface area contributed by atoms with Crippen LogP contribution in [0.2, 0.25) is 0 Å². The smallest absolute Gasteiger partial charge is 0.170 e. The molecule has 1 aliphatic heterocycles. The predicted octanol–water partition coefficient (Wildman–Crippen LogP) is 3.53. The molecule has 2 aromatic rings. The lowest BCUT2D eigenvalue weighted by Gasteiger charge is -2.31. The van der Waals surface area contributed by atoms with Crippen LogP contribution in [0.5, 0.6) is 0 Å². The molecule has 0 spiro atoms. The van der Waals surface area contributed by atoms with Crippen LogP contribution in [0.25, 0.3) is 0 Å². The van der Waals surface area contributed by atoms with Crippen molar-refractivity contribution in [1.29, 1.82) is 0 Å². The van der Waals surface area contributed by atoms with Crippen molar-refractivity contribution in [1.82, 2.24) is 24.7 Å². The monoisotopic (exact) mass is 383 g/mol. The first-order valence-electron chi connectivity index (χ1n) is 9.94. The van der Waals surface area contributed by atoms with Crippen LogP contribution < -0.4 is 5.32 Å². The van der Waals surface area contributed by atoms with Crippen LogP contribution in [0.3, 0.4) is 0 Å². The molecule has 27 heavy (non-hydrogen) atoms. The molecule has 2 aromatic heterocycles. The van der Waals surface area contributed by atoms with Crippen LogP contribution in [0, 0.1) is 0 Å². The topological polar surface area (TPSA) is 36.3 Å². The molecule has 1 saturated heterocycles. The second kappa shape index (κ2) is 7.98. The van der Waals surface area contributed by atoms with Gasteiger partial charge in [-0.1, -0.05) is 18.9 Å². The highest BCUT2D eigenvalue weighted by Gasteiger charge is 2.41. The van der Waals surface area contributed by atoms with Crippen molar-refractivity contribution >= 4 is 17.3 Å². The van der Waals surface area contributed by atoms with Gasteiger partial charge in [-0.25, -0.2) is 0 Å². The van der Waals surface area contributed by atoms with Crippen molar-refractivity contribution in [3.05, 3.63) is 54.1 Å². The van der Waals surface area contributed by atoms with E-state index >= 15 is 0 Å². The van der Waals surface area contributed by atoms with Crippen LogP contribution in [-0.4, -0.2) is 51.6 Å². The molecule has 2 aliphatic rings. The standard InChI is InChI=1S/C21H29N5S/c1-24(2)14-15-26-20(18-11-7-13-25(18)16-8-3-4-9-16)19(23-21(26)27)17-10-5-6-12-22-17/h5-7,10-13,16,19-20H,3-4,8-9,14-15H2,1-2H3,(H,23,27). The van der Waals surface area contributed by atoms with Gasteiger partial charge < -0.3 is 19.7 Å². The summed E-state index contributed by atoms with van der Waals surface area (Å²) < 4.78 is 2.51. The fourth-order valence-corrected chi connectivity index (χ4v) is 4.78. The molecule has 1 N–H and O–H groups in total. The van der Waals surface area contributed by atoms with E-state index < -0.39 is 0 Å². The maximum absolute atomic E-state index is 5.76. The van der Waals surface area contributed by atoms with Crippen molar-refractivity contribution in [2.45, 2.75) is 43.8 Å². The molecule has 6 heteroatoms. The zero-order valence-electron chi connectivity index (χ0n) is 16.2. The second-order valence-corrected chi connectivity index (χ2v) is 8.29. The largest absolute Gasteiger partial charge is 0.352 e. The summed E-state index contributed by atoms with van der Waals surface area (Å²) in [6.07, 6.45) is 9.34. The highest BCUT2D eigenvalue weighted by molar-refractivity contribution is 7.80.